The second-order valence-electron chi connectivity index (χ2n) is 6.93. The van der Waals surface area contributed by atoms with Crippen LogP contribution in [-0.4, -0.2) is 56.4 Å². The lowest BCUT2D eigenvalue weighted by Gasteiger charge is -2.43. The van der Waals surface area contributed by atoms with E-state index in [4.69, 9.17) is 4.74 Å². The Morgan fingerprint density at radius 3 is 2.37 bits per heavy atom. The van der Waals surface area contributed by atoms with Gasteiger partial charge in [-0.15, -0.1) is 10.2 Å². The molecule has 1 aliphatic carbocycles. The molecule has 2 heterocycles. The average molecular weight is 363 g/mol. The molecule has 8 heteroatoms. The van der Waals surface area contributed by atoms with Gasteiger partial charge in [-0.1, -0.05) is 53.7 Å². The summed E-state index contributed by atoms with van der Waals surface area (Å²) in [4.78, 5) is 13.8. The number of likely N-dealkylation sites (tertiary alicyclic amines) is 1. The van der Waals surface area contributed by atoms with Gasteiger partial charge in [-0.3, -0.25) is 0 Å². The van der Waals surface area contributed by atoms with Crippen LogP contribution in [0, 0.1) is 0 Å². The largest absolute Gasteiger partial charge is 0.448 e. The van der Waals surface area contributed by atoms with Crippen LogP contribution in [0.5, 0.6) is 0 Å². The highest BCUT2D eigenvalue weighted by Gasteiger charge is 2.49. The molecule has 1 amide bonds. The fourth-order valence-corrected chi connectivity index (χ4v) is 3.90. The van der Waals surface area contributed by atoms with Crippen LogP contribution >= 0.6 is 0 Å². The minimum Gasteiger partial charge on any atom is -0.448 e. The van der Waals surface area contributed by atoms with Crippen molar-refractivity contribution in [1.29, 1.82) is 0 Å². The number of hydrogen-bond donors (Lipinski definition) is 2. The van der Waals surface area contributed by atoms with Crippen molar-refractivity contribution in [2.24, 2.45) is 0 Å². The molecule has 0 bridgehead atoms. The summed E-state index contributed by atoms with van der Waals surface area (Å²) in [6.45, 7) is 0.427. The molecule has 2 N–H and O–H groups in total. The van der Waals surface area contributed by atoms with E-state index in [1.165, 1.54) is 27.2 Å². The highest BCUT2D eigenvalue weighted by Crippen LogP contribution is 2.44. The number of aromatic amines is 1. The molecular weight excluding hydrogens is 346 g/mol. The SMILES string of the molecule is O=C(OCC1c2ccccc2-c2ccccc21)N1CC(O)(c2nn[nH]n2)C1. The number of nitrogens with one attached hydrogen (secondary N) is 1. The molecule has 0 saturated carbocycles. The standard InChI is InChI=1S/C19H17N5O3/c25-18(24-10-19(26,11-24)17-20-22-23-21-17)27-9-16-14-7-3-1-5-12(14)13-6-2-4-8-15(13)16/h1-8,16,26H,9-11H2,(H,20,21,22,23). The van der Waals surface area contributed by atoms with Gasteiger partial charge in [0.25, 0.3) is 0 Å². The van der Waals surface area contributed by atoms with Crippen molar-refractivity contribution in [3.05, 3.63) is 65.5 Å². The summed E-state index contributed by atoms with van der Waals surface area (Å²) in [6.07, 6.45) is -0.454. The molecule has 2 aromatic carbocycles. The van der Waals surface area contributed by atoms with Gasteiger partial charge in [-0.25, -0.2) is 4.79 Å². The fourth-order valence-electron chi connectivity index (χ4n) is 3.90. The molecule has 1 saturated heterocycles. The van der Waals surface area contributed by atoms with E-state index in [2.05, 4.69) is 44.9 Å². The van der Waals surface area contributed by atoms with Gasteiger partial charge in [0.1, 0.15) is 6.61 Å². The molecular formula is C19H17N5O3. The number of amides is 1. The zero-order valence-electron chi connectivity index (χ0n) is 14.4. The monoisotopic (exact) mass is 363 g/mol. The van der Waals surface area contributed by atoms with Gasteiger partial charge in [0, 0.05) is 5.92 Å². The molecule has 1 aliphatic heterocycles. The van der Waals surface area contributed by atoms with Gasteiger partial charge in [0.05, 0.1) is 13.1 Å². The van der Waals surface area contributed by atoms with Crippen molar-refractivity contribution in [1.82, 2.24) is 25.5 Å². The van der Waals surface area contributed by atoms with Crippen LogP contribution in [0.1, 0.15) is 22.9 Å². The van der Waals surface area contributed by atoms with Gasteiger partial charge in [0.2, 0.25) is 5.82 Å². The minimum absolute atomic E-state index is 0.0127. The van der Waals surface area contributed by atoms with Crippen molar-refractivity contribution >= 4 is 6.09 Å². The Morgan fingerprint density at radius 2 is 1.78 bits per heavy atom. The van der Waals surface area contributed by atoms with Gasteiger partial charge in [0.15, 0.2) is 5.60 Å². The highest BCUT2D eigenvalue weighted by molar-refractivity contribution is 5.79. The molecule has 0 spiro atoms. The Hall–Kier alpha value is -3.26. The number of rotatable bonds is 3. The van der Waals surface area contributed by atoms with Crippen LogP contribution in [0.25, 0.3) is 11.1 Å². The van der Waals surface area contributed by atoms with Crippen molar-refractivity contribution in [2.45, 2.75) is 11.5 Å². The van der Waals surface area contributed by atoms with Gasteiger partial charge in [-0.2, -0.15) is 5.21 Å². The lowest BCUT2D eigenvalue weighted by atomic mass is 9.94. The van der Waals surface area contributed by atoms with E-state index in [0.29, 0.717) is 0 Å². The van der Waals surface area contributed by atoms with Gasteiger partial charge in [-0.05, 0) is 22.3 Å². The maximum Gasteiger partial charge on any atom is 0.410 e. The Bertz CT molecular complexity index is 953. The van der Waals surface area contributed by atoms with Crippen LogP contribution in [0.15, 0.2) is 48.5 Å². The summed E-state index contributed by atoms with van der Waals surface area (Å²) in [5, 5.41) is 23.7. The van der Waals surface area contributed by atoms with Crippen molar-refractivity contribution in [2.75, 3.05) is 19.7 Å². The number of β-amino-alcohol motifs (C(OH)–C–C–N with tert-alkyl or cyclic N) is 1. The first kappa shape index (κ1) is 16.0. The Morgan fingerprint density at radius 1 is 1.15 bits per heavy atom. The van der Waals surface area contributed by atoms with Gasteiger partial charge < -0.3 is 14.7 Å². The first-order valence-electron chi connectivity index (χ1n) is 8.72. The van der Waals surface area contributed by atoms with Crippen LogP contribution in [0.2, 0.25) is 0 Å². The second kappa shape index (κ2) is 5.88. The van der Waals surface area contributed by atoms with Crippen LogP contribution in [0.3, 0.4) is 0 Å². The number of aromatic nitrogens is 4. The zero-order valence-corrected chi connectivity index (χ0v) is 14.4. The quantitative estimate of drug-likeness (QED) is 0.733. The van der Waals surface area contributed by atoms with Crippen LogP contribution in [0.4, 0.5) is 4.79 Å². The van der Waals surface area contributed by atoms with Gasteiger partial charge >= 0.3 is 6.09 Å². The average Bonchev–Trinajstić information content (AvgIpc) is 3.31. The number of carbonyl (C=O) groups is 1. The molecule has 2 aliphatic rings. The third-order valence-corrected chi connectivity index (χ3v) is 5.26. The molecule has 3 aromatic rings. The number of fused-ring (bicyclic) bond motifs is 3. The topological polar surface area (TPSA) is 104 Å². The molecule has 136 valence electrons. The highest BCUT2D eigenvalue weighted by atomic mass is 16.6. The third-order valence-electron chi connectivity index (χ3n) is 5.26. The Labute approximate surface area is 154 Å². The summed E-state index contributed by atoms with van der Waals surface area (Å²) in [7, 11) is 0. The number of carbonyl (C=O) groups excluding carboxylic acids is 1. The summed E-state index contributed by atoms with van der Waals surface area (Å²) in [6, 6.07) is 16.4. The normalized spacial score (nSPS) is 17.1. The van der Waals surface area contributed by atoms with E-state index < -0.39 is 11.7 Å². The number of nitrogens with zero attached hydrogens (tertiary/aromatic N) is 4. The number of benzene rings is 2. The van der Waals surface area contributed by atoms with Crippen LogP contribution < -0.4 is 0 Å². The summed E-state index contributed by atoms with van der Waals surface area (Å²) in [5.41, 5.74) is 3.43. The fraction of sp³-hybridized carbons (Fsp3) is 0.263. The lowest BCUT2D eigenvalue weighted by Crippen LogP contribution is -2.61. The first-order valence-corrected chi connectivity index (χ1v) is 8.72. The predicted molar refractivity (Wildman–Crippen MR) is 94.7 cm³/mol. The molecule has 5 rings (SSSR count). The molecule has 1 fully saturated rings. The van der Waals surface area contributed by atoms with Crippen molar-refractivity contribution in [3.63, 3.8) is 0 Å². The maximum absolute atomic E-state index is 12.4. The smallest absolute Gasteiger partial charge is 0.410 e. The molecule has 0 unspecified atom stereocenters. The second-order valence-corrected chi connectivity index (χ2v) is 6.93. The molecule has 0 atom stereocenters. The molecule has 1 aromatic heterocycles. The van der Waals surface area contributed by atoms with Crippen molar-refractivity contribution < 1.29 is 14.6 Å². The van der Waals surface area contributed by atoms with Crippen LogP contribution in [-0.2, 0) is 10.3 Å². The predicted octanol–water partition coefficient (Wildman–Crippen LogP) is 1.65. The number of tetrazole rings is 1. The first-order chi connectivity index (χ1) is 13.2. The summed E-state index contributed by atoms with van der Waals surface area (Å²) in [5.74, 6) is 0.198. The molecule has 0 radical (unpaired) electrons. The summed E-state index contributed by atoms with van der Waals surface area (Å²) >= 11 is 0. The van der Waals surface area contributed by atoms with E-state index in [-0.39, 0.29) is 31.4 Å². The lowest BCUT2D eigenvalue weighted by molar-refractivity contribution is -0.0999. The van der Waals surface area contributed by atoms with E-state index in [1.54, 1.807) is 0 Å². The summed E-state index contributed by atoms with van der Waals surface area (Å²) < 4.78 is 5.57. The van der Waals surface area contributed by atoms with E-state index in [1.807, 2.05) is 24.3 Å². The minimum atomic E-state index is -1.27. The maximum atomic E-state index is 12.4. The van der Waals surface area contributed by atoms with E-state index in [0.717, 1.165) is 0 Å². The number of ether oxygens (including phenoxy) is 1. The van der Waals surface area contributed by atoms with E-state index >= 15 is 0 Å². The Balaban J connectivity index is 1.28. The van der Waals surface area contributed by atoms with E-state index in [9.17, 15) is 9.90 Å². The molecule has 27 heavy (non-hydrogen) atoms. The Kier molecular flexibility index (Phi) is 3.48. The molecule has 8 nitrogen and oxygen atoms in total. The number of H-pyrrole nitrogens is 1. The zero-order chi connectivity index (χ0) is 18.4. The number of hydrogen-bond acceptors (Lipinski definition) is 6. The number of aliphatic hydroxyl groups is 1. The third kappa shape index (κ3) is 2.48. The van der Waals surface area contributed by atoms with Crippen molar-refractivity contribution in [3.8, 4) is 11.1 Å².